The lowest BCUT2D eigenvalue weighted by molar-refractivity contribution is 0.0928. The van der Waals surface area contributed by atoms with Gasteiger partial charge >= 0.3 is 0 Å². The number of amides is 1. The Morgan fingerprint density at radius 1 is 1.19 bits per heavy atom. The molecule has 3 rings (SSSR count). The zero-order valence-electron chi connectivity index (χ0n) is 14.7. The third-order valence-electron chi connectivity index (χ3n) is 4.59. The molecule has 0 bridgehead atoms. The first-order valence-electron chi connectivity index (χ1n) is 8.41. The highest BCUT2D eigenvalue weighted by Gasteiger charge is 2.31. The van der Waals surface area contributed by atoms with E-state index in [9.17, 15) is 13.2 Å². The molecule has 0 saturated carbocycles. The topological polar surface area (TPSA) is 66.5 Å². The number of thiophene rings is 1. The third-order valence-corrected chi connectivity index (χ3v) is 8.04. The van der Waals surface area contributed by atoms with E-state index in [0.29, 0.717) is 41.4 Å². The summed E-state index contributed by atoms with van der Waals surface area (Å²) >= 11 is 7.53. The number of carbonyl (C=O) groups excluding carboxylic acids is 1. The summed E-state index contributed by atoms with van der Waals surface area (Å²) in [6, 6.07) is 8.64. The lowest BCUT2D eigenvalue weighted by Crippen LogP contribution is -2.46. The Kier molecular flexibility index (Phi) is 5.72. The van der Waals surface area contributed by atoms with Gasteiger partial charge in [-0.25, -0.2) is 8.42 Å². The summed E-state index contributed by atoms with van der Waals surface area (Å²) in [6.07, 6.45) is 1.18. The largest absolute Gasteiger partial charge is 0.349 e. The van der Waals surface area contributed by atoms with E-state index in [-0.39, 0.29) is 16.8 Å². The molecule has 0 aliphatic carbocycles. The molecule has 1 amide bonds. The second kappa shape index (κ2) is 7.68. The van der Waals surface area contributed by atoms with Crippen LogP contribution in [0.25, 0.3) is 0 Å². The molecule has 1 aliphatic rings. The molecule has 26 heavy (non-hydrogen) atoms. The van der Waals surface area contributed by atoms with Gasteiger partial charge in [-0.2, -0.15) is 4.31 Å². The van der Waals surface area contributed by atoms with Gasteiger partial charge in [0.2, 0.25) is 10.0 Å². The Morgan fingerprint density at radius 2 is 1.88 bits per heavy atom. The highest BCUT2D eigenvalue weighted by atomic mass is 35.5. The predicted molar refractivity (Wildman–Crippen MR) is 104 cm³/mol. The normalized spacial score (nSPS) is 16.6. The molecule has 0 spiro atoms. The monoisotopic (exact) mass is 412 g/mol. The molecule has 1 saturated heterocycles. The summed E-state index contributed by atoms with van der Waals surface area (Å²) in [4.78, 5) is 14.3. The van der Waals surface area contributed by atoms with Crippen molar-refractivity contribution in [2.75, 3.05) is 13.1 Å². The minimum absolute atomic E-state index is 0.0168. The van der Waals surface area contributed by atoms with E-state index in [1.807, 2.05) is 19.1 Å². The van der Waals surface area contributed by atoms with Crippen molar-refractivity contribution in [1.29, 1.82) is 0 Å². The van der Waals surface area contributed by atoms with Crippen LogP contribution in [0, 0.1) is 13.8 Å². The Bertz CT molecular complexity index is 916. The van der Waals surface area contributed by atoms with Crippen molar-refractivity contribution in [3.8, 4) is 0 Å². The van der Waals surface area contributed by atoms with Gasteiger partial charge in [0.1, 0.15) is 0 Å². The number of carbonyl (C=O) groups is 1. The van der Waals surface area contributed by atoms with Crippen molar-refractivity contribution in [1.82, 2.24) is 9.62 Å². The number of aryl methyl sites for hydroxylation is 1. The van der Waals surface area contributed by atoms with Crippen molar-refractivity contribution in [3.63, 3.8) is 0 Å². The maximum absolute atomic E-state index is 12.9. The molecule has 1 fully saturated rings. The van der Waals surface area contributed by atoms with Gasteiger partial charge in [-0.3, -0.25) is 4.79 Å². The minimum atomic E-state index is -3.58. The van der Waals surface area contributed by atoms with E-state index in [4.69, 9.17) is 11.6 Å². The van der Waals surface area contributed by atoms with Crippen LogP contribution in [0.4, 0.5) is 0 Å². The molecule has 140 valence electrons. The fraction of sp³-hybridized carbons (Fsp3) is 0.389. The molecule has 0 unspecified atom stereocenters. The molecule has 8 heteroatoms. The first-order valence-corrected chi connectivity index (χ1v) is 11.0. The number of rotatable bonds is 4. The van der Waals surface area contributed by atoms with Crippen LogP contribution in [-0.4, -0.2) is 37.8 Å². The fourth-order valence-electron chi connectivity index (χ4n) is 3.06. The van der Waals surface area contributed by atoms with Crippen LogP contribution in [-0.2, 0) is 10.0 Å². The fourth-order valence-corrected chi connectivity index (χ4v) is 5.78. The Morgan fingerprint density at radius 3 is 2.50 bits per heavy atom. The molecule has 1 aliphatic heterocycles. The number of benzene rings is 1. The highest BCUT2D eigenvalue weighted by Crippen LogP contribution is 2.27. The van der Waals surface area contributed by atoms with Crippen LogP contribution in [0.2, 0.25) is 5.02 Å². The molecule has 1 aromatic carbocycles. The van der Waals surface area contributed by atoms with E-state index in [1.54, 1.807) is 25.1 Å². The molecule has 1 N–H and O–H groups in total. The summed E-state index contributed by atoms with van der Waals surface area (Å²) in [7, 11) is -3.58. The number of halogens is 1. The molecule has 0 radical (unpaired) electrons. The summed E-state index contributed by atoms with van der Waals surface area (Å²) < 4.78 is 27.3. The van der Waals surface area contributed by atoms with E-state index < -0.39 is 10.0 Å². The predicted octanol–water partition coefficient (Wildman–Crippen LogP) is 3.60. The van der Waals surface area contributed by atoms with Crippen LogP contribution in [0.1, 0.15) is 33.0 Å². The summed E-state index contributed by atoms with van der Waals surface area (Å²) in [5.41, 5.74) is 0.567. The Hall–Kier alpha value is -1.41. The van der Waals surface area contributed by atoms with Crippen molar-refractivity contribution in [3.05, 3.63) is 50.7 Å². The van der Waals surface area contributed by atoms with Gasteiger partial charge < -0.3 is 5.32 Å². The minimum Gasteiger partial charge on any atom is -0.349 e. The quantitative estimate of drug-likeness (QED) is 0.834. The molecule has 1 aromatic heterocycles. The molecule has 5 nitrogen and oxygen atoms in total. The van der Waals surface area contributed by atoms with Crippen LogP contribution >= 0.6 is 22.9 Å². The van der Waals surface area contributed by atoms with Crippen molar-refractivity contribution >= 4 is 38.9 Å². The summed E-state index contributed by atoms with van der Waals surface area (Å²) in [5, 5.41) is 3.45. The second-order valence-corrected chi connectivity index (χ2v) is 10.0. The SMILES string of the molecule is Cc1ccc(C(=O)NC2CCN(S(=O)(=O)c3cccc(Cl)c3C)CC2)s1. The highest BCUT2D eigenvalue weighted by molar-refractivity contribution is 7.89. The van der Waals surface area contributed by atoms with Gasteiger partial charge in [-0.15, -0.1) is 11.3 Å². The molecule has 0 atom stereocenters. The summed E-state index contributed by atoms with van der Waals surface area (Å²) in [6.45, 7) is 4.43. The van der Waals surface area contributed by atoms with Crippen molar-refractivity contribution in [2.24, 2.45) is 0 Å². The van der Waals surface area contributed by atoms with Crippen LogP contribution in [0.3, 0.4) is 0 Å². The number of sulfonamides is 1. The smallest absolute Gasteiger partial charge is 0.261 e. The lowest BCUT2D eigenvalue weighted by atomic mass is 10.1. The van der Waals surface area contributed by atoms with Gasteiger partial charge in [0, 0.05) is 29.0 Å². The van der Waals surface area contributed by atoms with Crippen molar-refractivity contribution < 1.29 is 13.2 Å². The lowest BCUT2D eigenvalue weighted by Gasteiger charge is -2.32. The number of hydrogen-bond donors (Lipinski definition) is 1. The standard InChI is InChI=1S/C18H21ClN2O3S2/c1-12-6-7-16(25-12)18(22)20-14-8-10-21(11-9-14)26(23,24)17-5-3-4-15(19)13(17)2/h3-7,14H,8-11H2,1-2H3,(H,20,22). The Labute approximate surface area is 163 Å². The van der Waals surface area contributed by atoms with Crippen LogP contribution in [0.15, 0.2) is 35.2 Å². The zero-order valence-corrected chi connectivity index (χ0v) is 17.0. The number of nitrogens with one attached hydrogen (secondary N) is 1. The van der Waals surface area contributed by atoms with Crippen LogP contribution < -0.4 is 5.32 Å². The van der Waals surface area contributed by atoms with E-state index in [1.165, 1.54) is 15.6 Å². The average Bonchev–Trinajstić information content (AvgIpc) is 3.04. The van der Waals surface area contributed by atoms with Gasteiger partial charge in [0.15, 0.2) is 0 Å². The average molecular weight is 413 g/mol. The van der Waals surface area contributed by atoms with Gasteiger partial charge in [0.25, 0.3) is 5.91 Å². The third kappa shape index (κ3) is 3.96. The number of piperidine rings is 1. The molecule has 2 aromatic rings. The van der Waals surface area contributed by atoms with E-state index >= 15 is 0 Å². The van der Waals surface area contributed by atoms with Gasteiger partial charge in [-0.1, -0.05) is 17.7 Å². The molecule has 2 heterocycles. The maximum atomic E-state index is 12.9. The van der Waals surface area contributed by atoms with E-state index in [2.05, 4.69) is 5.32 Å². The molecular weight excluding hydrogens is 392 g/mol. The first kappa shape index (κ1) is 19.4. The van der Waals surface area contributed by atoms with Gasteiger partial charge in [0.05, 0.1) is 9.77 Å². The number of nitrogens with zero attached hydrogens (tertiary/aromatic N) is 1. The second-order valence-electron chi connectivity index (χ2n) is 6.43. The van der Waals surface area contributed by atoms with Crippen molar-refractivity contribution in [2.45, 2.75) is 37.6 Å². The molecular formula is C18H21ClN2O3S2. The van der Waals surface area contributed by atoms with E-state index in [0.717, 1.165) is 4.88 Å². The Balaban J connectivity index is 1.64. The van der Waals surface area contributed by atoms with Crippen LogP contribution in [0.5, 0.6) is 0 Å². The van der Waals surface area contributed by atoms with Gasteiger partial charge in [-0.05, 0) is 56.5 Å². The summed E-state index contributed by atoms with van der Waals surface area (Å²) in [5.74, 6) is -0.0879. The zero-order chi connectivity index (χ0) is 18.9. The number of hydrogen-bond acceptors (Lipinski definition) is 4. The first-order chi connectivity index (χ1) is 12.3. The maximum Gasteiger partial charge on any atom is 0.261 e.